The van der Waals surface area contributed by atoms with Crippen LogP contribution in [0.2, 0.25) is 0 Å². The molecule has 0 spiro atoms. The predicted molar refractivity (Wildman–Crippen MR) is 68.7 cm³/mol. The van der Waals surface area contributed by atoms with Crippen LogP contribution < -0.4 is 4.74 Å². The number of hydrogen-bond donors (Lipinski definition) is 0. The van der Waals surface area contributed by atoms with Gasteiger partial charge in [0.25, 0.3) is 0 Å². The largest absolute Gasteiger partial charge is 0.496 e. The molecule has 1 aromatic carbocycles. The van der Waals surface area contributed by atoms with Crippen molar-refractivity contribution in [2.45, 2.75) is 18.9 Å². The van der Waals surface area contributed by atoms with Gasteiger partial charge in [0.1, 0.15) is 11.8 Å². The Hall–Kier alpha value is -1.55. The number of nitrogens with zero attached hydrogens (tertiary/aromatic N) is 1. The van der Waals surface area contributed by atoms with E-state index < -0.39 is 0 Å². The first kappa shape index (κ1) is 12.9. The molecule has 1 aliphatic rings. The van der Waals surface area contributed by atoms with E-state index in [2.05, 4.69) is 11.0 Å². The zero-order valence-electron chi connectivity index (χ0n) is 10.9. The summed E-state index contributed by atoms with van der Waals surface area (Å²) in [5.41, 5.74) is 1.18. The molecule has 1 aliphatic heterocycles. The van der Waals surface area contributed by atoms with Gasteiger partial charge in [-0.05, 0) is 24.5 Å². The summed E-state index contributed by atoms with van der Waals surface area (Å²) >= 11 is 0. The van der Waals surface area contributed by atoms with Gasteiger partial charge in [-0.15, -0.1) is 0 Å². The third-order valence-corrected chi connectivity index (χ3v) is 3.46. The summed E-state index contributed by atoms with van der Waals surface area (Å²) in [6.07, 6.45) is 1.79. The Kier molecular flexibility index (Phi) is 4.20. The first-order chi connectivity index (χ1) is 8.76. The minimum Gasteiger partial charge on any atom is -0.496 e. The molecular formula is C14H19NO3. The molecule has 4 heteroatoms. The molecule has 0 aliphatic carbocycles. The number of likely N-dealkylation sites (tertiary alicyclic amines) is 1. The van der Waals surface area contributed by atoms with E-state index in [1.165, 1.54) is 12.7 Å². The molecule has 98 valence electrons. The van der Waals surface area contributed by atoms with Crippen molar-refractivity contribution >= 4 is 5.97 Å². The number of hydrogen-bond acceptors (Lipinski definition) is 4. The van der Waals surface area contributed by atoms with Crippen molar-refractivity contribution in [3.05, 3.63) is 29.8 Å². The van der Waals surface area contributed by atoms with Gasteiger partial charge in [-0.2, -0.15) is 0 Å². The van der Waals surface area contributed by atoms with E-state index in [1.54, 1.807) is 7.11 Å². The monoisotopic (exact) mass is 249 g/mol. The van der Waals surface area contributed by atoms with Crippen LogP contribution in [-0.2, 0) is 16.0 Å². The van der Waals surface area contributed by atoms with Crippen LogP contribution in [0.1, 0.15) is 12.0 Å². The highest BCUT2D eigenvalue weighted by Gasteiger charge is 2.34. The Morgan fingerprint density at radius 1 is 1.39 bits per heavy atom. The molecule has 0 bridgehead atoms. The minimum atomic E-state index is -0.124. The molecule has 18 heavy (non-hydrogen) atoms. The van der Waals surface area contributed by atoms with Gasteiger partial charge < -0.3 is 9.47 Å². The molecule has 0 N–H and O–H groups in total. The summed E-state index contributed by atoms with van der Waals surface area (Å²) in [5.74, 6) is 0.786. The second-order valence-corrected chi connectivity index (χ2v) is 4.43. The molecule has 1 aromatic rings. The lowest BCUT2D eigenvalue weighted by Gasteiger charge is -2.38. The van der Waals surface area contributed by atoms with Crippen LogP contribution in [0.4, 0.5) is 0 Å². The summed E-state index contributed by atoms with van der Waals surface area (Å²) < 4.78 is 10.1. The highest BCUT2D eigenvalue weighted by Crippen LogP contribution is 2.22. The molecule has 4 nitrogen and oxygen atoms in total. The lowest BCUT2D eigenvalue weighted by molar-refractivity contribution is -0.151. The standard InChI is InChI=1S/C14H19NO3/c1-17-13-6-4-3-5-11(13)7-9-15-10-8-12(15)14(16)18-2/h3-6,12H,7-10H2,1-2H3. The van der Waals surface area contributed by atoms with E-state index in [-0.39, 0.29) is 12.0 Å². The fourth-order valence-electron chi connectivity index (χ4n) is 2.28. The van der Waals surface area contributed by atoms with Crippen LogP contribution in [-0.4, -0.2) is 44.2 Å². The number of carbonyl (C=O) groups is 1. The Bertz CT molecular complexity index is 419. The first-order valence-electron chi connectivity index (χ1n) is 6.20. The van der Waals surface area contributed by atoms with E-state index in [4.69, 9.17) is 9.47 Å². The number of esters is 1. The average Bonchev–Trinajstić information content (AvgIpc) is 2.38. The Labute approximate surface area is 107 Å². The van der Waals surface area contributed by atoms with Crippen LogP contribution in [0.15, 0.2) is 24.3 Å². The first-order valence-corrected chi connectivity index (χ1v) is 6.20. The van der Waals surface area contributed by atoms with Crippen molar-refractivity contribution in [1.82, 2.24) is 4.90 Å². The molecule has 1 atom stereocenters. The molecule has 0 aromatic heterocycles. The van der Waals surface area contributed by atoms with Gasteiger partial charge in [0, 0.05) is 13.1 Å². The molecule has 1 unspecified atom stereocenters. The van der Waals surface area contributed by atoms with Crippen LogP contribution in [0.25, 0.3) is 0 Å². The average molecular weight is 249 g/mol. The van der Waals surface area contributed by atoms with E-state index in [1.807, 2.05) is 18.2 Å². The summed E-state index contributed by atoms with van der Waals surface area (Å²) in [5, 5.41) is 0. The molecular weight excluding hydrogens is 230 g/mol. The highest BCUT2D eigenvalue weighted by atomic mass is 16.5. The molecule has 1 fully saturated rings. The summed E-state index contributed by atoms with van der Waals surface area (Å²) in [6, 6.07) is 7.94. The SMILES string of the molecule is COC(=O)C1CCN1CCc1ccccc1OC. The maximum absolute atomic E-state index is 11.5. The maximum atomic E-state index is 11.5. The van der Waals surface area contributed by atoms with Gasteiger partial charge in [-0.3, -0.25) is 9.69 Å². The fraction of sp³-hybridized carbons (Fsp3) is 0.500. The molecule has 0 amide bonds. The third-order valence-electron chi connectivity index (χ3n) is 3.46. The van der Waals surface area contributed by atoms with E-state index in [9.17, 15) is 4.79 Å². The van der Waals surface area contributed by atoms with Crippen molar-refractivity contribution in [2.75, 3.05) is 27.3 Å². The van der Waals surface area contributed by atoms with Crippen molar-refractivity contribution in [2.24, 2.45) is 0 Å². The smallest absolute Gasteiger partial charge is 0.323 e. The van der Waals surface area contributed by atoms with Crippen molar-refractivity contribution in [3.63, 3.8) is 0 Å². The fourth-order valence-corrected chi connectivity index (χ4v) is 2.28. The molecule has 1 saturated heterocycles. The zero-order chi connectivity index (χ0) is 13.0. The van der Waals surface area contributed by atoms with Gasteiger partial charge in [0.15, 0.2) is 0 Å². The second kappa shape index (κ2) is 5.87. The Balaban J connectivity index is 1.90. The molecule has 2 rings (SSSR count). The highest BCUT2D eigenvalue weighted by molar-refractivity contribution is 5.76. The third kappa shape index (κ3) is 2.64. The quantitative estimate of drug-likeness (QED) is 0.741. The van der Waals surface area contributed by atoms with E-state index in [0.717, 1.165) is 31.7 Å². The minimum absolute atomic E-state index is 0.0512. The predicted octanol–water partition coefficient (Wildman–Crippen LogP) is 1.48. The zero-order valence-corrected chi connectivity index (χ0v) is 10.9. The summed E-state index contributed by atoms with van der Waals surface area (Å²) in [4.78, 5) is 13.6. The van der Waals surface area contributed by atoms with Gasteiger partial charge in [-0.25, -0.2) is 0 Å². The van der Waals surface area contributed by atoms with Crippen molar-refractivity contribution in [1.29, 1.82) is 0 Å². The Morgan fingerprint density at radius 2 is 2.17 bits per heavy atom. The maximum Gasteiger partial charge on any atom is 0.323 e. The number of methoxy groups -OCH3 is 2. The normalized spacial score (nSPS) is 19.1. The van der Waals surface area contributed by atoms with Crippen LogP contribution >= 0.6 is 0 Å². The topological polar surface area (TPSA) is 38.8 Å². The number of ether oxygens (including phenoxy) is 2. The second-order valence-electron chi connectivity index (χ2n) is 4.43. The molecule has 0 saturated carbocycles. The molecule has 0 radical (unpaired) electrons. The van der Waals surface area contributed by atoms with Crippen molar-refractivity contribution in [3.8, 4) is 5.75 Å². The van der Waals surface area contributed by atoms with Crippen LogP contribution in [0.5, 0.6) is 5.75 Å². The van der Waals surface area contributed by atoms with Gasteiger partial charge in [0.05, 0.1) is 14.2 Å². The van der Waals surface area contributed by atoms with Gasteiger partial charge >= 0.3 is 5.97 Å². The lowest BCUT2D eigenvalue weighted by Crippen LogP contribution is -2.53. The van der Waals surface area contributed by atoms with Crippen LogP contribution in [0.3, 0.4) is 0 Å². The molecule has 1 heterocycles. The summed E-state index contributed by atoms with van der Waals surface area (Å²) in [6.45, 7) is 1.83. The number of para-hydroxylation sites is 1. The van der Waals surface area contributed by atoms with E-state index in [0.29, 0.717) is 0 Å². The van der Waals surface area contributed by atoms with Crippen molar-refractivity contribution < 1.29 is 14.3 Å². The summed E-state index contributed by atoms with van der Waals surface area (Å²) in [7, 11) is 3.12. The van der Waals surface area contributed by atoms with Gasteiger partial charge in [-0.1, -0.05) is 18.2 Å². The van der Waals surface area contributed by atoms with E-state index >= 15 is 0 Å². The Morgan fingerprint density at radius 3 is 2.78 bits per heavy atom. The number of rotatable bonds is 5. The number of benzene rings is 1. The van der Waals surface area contributed by atoms with Crippen LogP contribution in [0, 0.1) is 0 Å². The number of carbonyl (C=O) groups excluding carboxylic acids is 1. The van der Waals surface area contributed by atoms with Gasteiger partial charge in [0.2, 0.25) is 0 Å². The lowest BCUT2D eigenvalue weighted by atomic mass is 10.0.